The van der Waals surface area contributed by atoms with Gasteiger partial charge in [-0.05, 0) is 29.5 Å². The average molecular weight is 209 g/mol. The fourth-order valence-electron chi connectivity index (χ4n) is 1.26. The van der Waals surface area contributed by atoms with Crippen LogP contribution >= 0.6 is 11.8 Å². The predicted octanol–water partition coefficient (Wildman–Crippen LogP) is 1.42. The lowest BCUT2D eigenvalue weighted by atomic mass is 10.1. The summed E-state index contributed by atoms with van der Waals surface area (Å²) in [6.45, 7) is 0. The van der Waals surface area contributed by atoms with Gasteiger partial charge in [0.2, 0.25) is 5.91 Å². The number of phenols is 1. The molecule has 0 aliphatic carbocycles. The van der Waals surface area contributed by atoms with E-state index in [1.165, 1.54) is 12.1 Å². The van der Waals surface area contributed by atoms with Crippen molar-refractivity contribution in [2.75, 3.05) is 0 Å². The number of aromatic hydroxyl groups is 1. The second-order valence-electron chi connectivity index (χ2n) is 2.87. The maximum absolute atomic E-state index is 11.3. The van der Waals surface area contributed by atoms with E-state index >= 15 is 0 Å². The Bertz CT molecular complexity index is 405. The van der Waals surface area contributed by atoms with Gasteiger partial charge < -0.3 is 5.11 Å². The molecule has 1 atom stereocenters. The van der Waals surface area contributed by atoms with Crippen molar-refractivity contribution in [1.82, 2.24) is 5.32 Å². The average Bonchev–Trinajstić information content (AvgIpc) is 2.45. The van der Waals surface area contributed by atoms with E-state index in [0.717, 1.165) is 11.8 Å². The number of carbonyl (C=O) groups is 2. The number of rotatable bonds is 1. The van der Waals surface area contributed by atoms with Gasteiger partial charge >= 0.3 is 0 Å². The van der Waals surface area contributed by atoms with Crippen LogP contribution in [0, 0.1) is 0 Å². The van der Waals surface area contributed by atoms with Crippen LogP contribution in [0.1, 0.15) is 10.8 Å². The lowest BCUT2D eigenvalue weighted by Gasteiger charge is -2.04. The molecule has 2 N–H and O–H groups in total. The van der Waals surface area contributed by atoms with Gasteiger partial charge in [0.1, 0.15) is 11.0 Å². The van der Waals surface area contributed by atoms with Crippen LogP contribution in [0.5, 0.6) is 5.75 Å². The molecule has 1 aromatic carbocycles. The van der Waals surface area contributed by atoms with Crippen molar-refractivity contribution in [2.24, 2.45) is 0 Å². The summed E-state index contributed by atoms with van der Waals surface area (Å²) in [4.78, 5) is 22.2. The summed E-state index contributed by atoms with van der Waals surface area (Å²) in [7, 11) is 0. The van der Waals surface area contributed by atoms with Gasteiger partial charge in [-0.2, -0.15) is 0 Å². The Morgan fingerprint density at radius 2 is 2.14 bits per heavy atom. The molecule has 0 unspecified atom stereocenters. The lowest BCUT2D eigenvalue weighted by molar-refractivity contribution is -0.119. The smallest absolute Gasteiger partial charge is 0.286 e. The number of hydrogen-bond donors (Lipinski definition) is 2. The monoisotopic (exact) mass is 209 g/mol. The number of carbonyl (C=O) groups excluding carboxylic acids is 2. The Hall–Kier alpha value is -1.49. The van der Waals surface area contributed by atoms with Gasteiger partial charge in [0, 0.05) is 0 Å². The maximum Gasteiger partial charge on any atom is 0.286 e. The molecule has 0 radical (unpaired) electrons. The predicted molar refractivity (Wildman–Crippen MR) is 52.0 cm³/mol. The number of benzene rings is 1. The highest BCUT2D eigenvalue weighted by Crippen LogP contribution is 2.35. The summed E-state index contributed by atoms with van der Waals surface area (Å²) in [5.41, 5.74) is 0.637. The molecule has 1 heterocycles. The first-order valence-electron chi connectivity index (χ1n) is 3.97. The topological polar surface area (TPSA) is 66.4 Å². The summed E-state index contributed by atoms with van der Waals surface area (Å²) in [6, 6.07) is 6.34. The van der Waals surface area contributed by atoms with Crippen LogP contribution in [0.15, 0.2) is 24.3 Å². The van der Waals surface area contributed by atoms with Crippen LogP contribution in [0.25, 0.3) is 0 Å². The maximum atomic E-state index is 11.3. The zero-order valence-electron chi connectivity index (χ0n) is 7.06. The molecule has 2 rings (SSSR count). The van der Waals surface area contributed by atoms with E-state index in [1.54, 1.807) is 12.1 Å². The molecule has 1 saturated heterocycles. The van der Waals surface area contributed by atoms with Crippen LogP contribution in [-0.4, -0.2) is 16.3 Å². The minimum atomic E-state index is -0.533. The van der Waals surface area contributed by atoms with Crippen LogP contribution in [0.4, 0.5) is 4.79 Å². The Morgan fingerprint density at radius 3 is 2.71 bits per heavy atom. The summed E-state index contributed by atoms with van der Waals surface area (Å²) >= 11 is 0.925. The molecule has 1 aliphatic rings. The van der Waals surface area contributed by atoms with E-state index in [0.29, 0.717) is 5.56 Å². The van der Waals surface area contributed by atoms with Crippen molar-refractivity contribution >= 4 is 22.9 Å². The summed E-state index contributed by atoms with van der Waals surface area (Å²) < 4.78 is 0. The van der Waals surface area contributed by atoms with Gasteiger partial charge in [-0.1, -0.05) is 12.1 Å². The SMILES string of the molecule is O=C1NC(=O)[C@@H](c2cccc(O)c2)S1. The molecule has 0 spiro atoms. The fraction of sp³-hybridized carbons (Fsp3) is 0.111. The van der Waals surface area contributed by atoms with Gasteiger partial charge in [-0.3, -0.25) is 14.9 Å². The van der Waals surface area contributed by atoms with Crippen LogP contribution in [0.3, 0.4) is 0 Å². The standard InChI is InChI=1S/C9H7NO3S/c11-6-3-1-2-5(4-6)7-8(12)10-9(13)14-7/h1-4,7,11H,(H,10,12,13)/t7-/m1/s1. The summed E-state index contributed by atoms with van der Waals surface area (Å²) in [5.74, 6) is -0.235. The number of nitrogens with one attached hydrogen (secondary N) is 1. The second-order valence-corrected chi connectivity index (χ2v) is 3.95. The van der Waals surface area contributed by atoms with Crippen molar-refractivity contribution in [2.45, 2.75) is 5.25 Å². The first-order chi connectivity index (χ1) is 6.66. The van der Waals surface area contributed by atoms with Crippen molar-refractivity contribution in [3.05, 3.63) is 29.8 Å². The van der Waals surface area contributed by atoms with Gasteiger partial charge in [0.05, 0.1) is 0 Å². The number of thioether (sulfide) groups is 1. The normalized spacial score (nSPS) is 21.0. The van der Waals surface area contributed by atoms with E-state index < -0.39 is 5.25 Å². The first-order valence-corrected chi connectivity index (χ1v) is 4.85. The molecule has 0 bridgehead atoms. The van der Waals surface area contributed by atoms with Crippen molar-refractivity contribution in [1.29, 1.82) is 0 Å². The Balaban J connectivity index is 2.31. The highest BCUT2D eigenvalue weighted by atomic mass is 32.2. The largest absolute Gasteiger partial charge is 0.508 e. The van der Waals surface area contributed by atoms with Gasteiger partial charge in [0.25, 0.3) is 5.24 Å². The summed E-state index contributed by atoms with van der Waals surface area (Å²) in [6.07, 6.45) is 0. The molecule has 72 valence electrons. The third-order valence-electron chi connectivity index (χ3n) is 1.86. The van der Waals surface area contributed by atoms with E-state index in [1.807, 2.05) is 0 Å². The minimum absolute atomic E-state index is 0.0928. The highest BCUT2D eigenvalue weighted by Gasteiger charge is 2.32. The molecule has 1 aliphatic heterocycles. The van der Waals surface area contributed by atoms with Crippen LogP contribution < -0.4 is 5.32 Å². The third kappa shape index (κ3) is 1.58. The Kier molecular flexibility index (Phi) is 2.17. The first kappa shape index (κ1) is 9.08. The molecular formula is C9H7NO3S. The minimum Gasteiger partial charge on any atom is -0.508 e. The second kappa shape index (κ2) is 3.34. The van der Waals surface area contributed by atoms with Gasteiger partial charge in [-0.25, -0.2) is 0 Å². The third-order valence-corrected chi connectivity index (χ3v) is 2.90. The molecule has 2 amide bonds. The van der Waals surface area contributed by atoms with Crippen molar-refractivity contribution in [3.8, 4) is 5.75 Å². The number of imide groups is 1. The quantitative estimate of drug-likeness (QED) is 0.734. The van der Waals surface area contributed by atoms with E-state index in [4.69, 9.17) is 0 Å². The molecule has 1 fully saturated rings. The van der Waals surface area contributed by atoms with E-state index in [-0.39, 0.29) is 16.9 Å². The molecule has 14 heavy (non-hydrogen) atoms. The summed E-state index contributed by atoms with van der Waals surface area (Å²) in [5, 5.41) is 10.5. The highest BCUT2D eigenvalue weighted by molar-refractivity contribution is 8.15. The number of phenolic OH excluding ortho intramolecular Hbond substituents is 1. The van der Waals surface area contributed by atoms with Crippen LogP contribution in [-0.2, 0) is 4.79 Å². The molecular weight excluding hydrogens is 202 g/mol. The molecule has 4 nitrogen and oxygen atoms in total. The number of amides is 2. The molecule has 0 aromatic heterocycles. The Morgan fingerprint density at radius 1 is 1.36 bits per heavy atom. The van der Waals surface area contributed by atoms with Crippen molar-refractivity contribution in [3.63, 3.8) is 0 Å². The fourth-order valence-corrected chi connectivity index (χ4v) is 2.09. The van der Waals surface area contributed by atoms with E-state index in [9.17, 15) is 14.7 Å². The van der Waals surface area contributed by atoms with E-state index in [2.05, 4.69) is 5.32 Å². The lowest BCUT2D eigenvalue weighted by Crippen LogP contribution is -2.20. The molecule has 0 saturated carbocycles. The number of hydrogen-bond acceptors (Lipinski definition) is 4. The molecule has 1 aromatic rings. The Labute approximate surface area is 84.3 Å². The van der Waals surface area contributed by atoms with Crippen molar-refractivity contribution < 1.29 is 14.7 Å². The molecule has 5 heteroatoms. The zero-order valence-corrected chi connectivity index (χ0v) is 7.88. The zero-order chi connectivity index (χ0) is 10.1. The van der Waals surface area contributed by atoms with Gasteiger partial charge in [-0.15, -0.1) is 0 Å². The van der Waals surface area contributed by atoms with Crippen LogP contribution in [0.2, 0.25) is 0 Å². The van der Waals surface area contributed by atoms with Gasteiger partial charge in [0.15, 0.2) is 0 Å².